The van der Waals surface area contributed by atoms with Gasteiger partial charge in [-0.25, -0.2) is 9.37 Å². The number of piperidine rings is 2. The molecule has 2 aromatic rings. The summed E-state index contributed by atoms with van der Waals surface area (Å²) < 4.78 is 52.1. The zero-order chi connectivity index (χ0) is 28.4. The van der Waals surface area contributed by atoms with Crippen molar-refractivity contribution in [2.24, 2.45) is 17.0 Å². The van der Waals surface area contributed by atoms with Crippen molar-refractivity contribution in [3.05, 3.63) is 53.7 Å². The second kappa shape index (κ2) is 14.2. The number of aromatic nitrogens is 2. The molecule has 2 fully saturated rings. The standard InChI is InChI=1S/C25H30F4N6O2.C2H6/c26-20-2-1-8-32-23(20)22(33-37-16-25(27,28)29)18-6-12-35(13-7-18)24(36)19-4-10-34(11-5-19)15-17-3-9-31-21(30)14-17;1-2/h1-3,8-9,14,18-19H,4-7,10-13,15-16H2,(H2,30,31);1-2H3/b33-22+;. The van der Waals surface area contributed by atoms with Crippen LogP contribution in [0.25, 0.3) is 0 Å². The van der Waals surface area contributed by atoms with Crippen LogP contribution in [0, 0.1) is 17.7 Å². The molecule has 0 aliphatic carbocycles. The molecule has 0 saturated carbocycles. The Morgan fingerprint density at radius 2 is 1.72 bits per heavy atom. The van der Waals surface area contributed by atoms with Crippen LogP contribution >= 0.6 is 0 Å². The first kappa shape index (κ1) is 30.3. The van der Waals surface area contributed by atoms with Gasteiger partial charge in [0, 0.05) is 43.9 Å². The highest BCUT2D eigenvalue weighted by molar-refractivity contribution is 6.00. The van der Waals surface area contributed by atoms with E-state index < -0.39 is 18.6 Å². The van der Waals surface area contributed by atoms with Crippen molar-refractivity contribution in [2.75, 3.05) is 38.5 Å². The summed E-state index contributed by atoms with van der Waals surface area (Å²) >= 11 is 0. The van der Waals surface area contributed by atoms with Gasteiger partial charge >= 0.3 is 6.18 Å². The molecule has 8 nitrogen and oxygen atoms in total. The van der Waals surface area contributed by atoms with Crippen LogP contribution < -0.4 is 5.73 Å². The van der Waals surface area contributed by atoms with Crippen LogP contribution in [0.15, 0.2) is 41.8 Å². The van der Waals surface area contributed by atoms with E-state index in [0.29, 0.717) is 31.7 Å². The molecule has 4 heterocycles. The zero-order valence-electron chi connectivity index (χ0n) is 22.3. The maximum atomic E-state index is 14.4. The Bertz CT molecular complexity index is 1100. The number of likely N-dealkylation sites (tertiary alicyclic amines) is 2. The van der Waals surface area contributed by atoms with E-state index in [1.54, 1.807) is 11.1 Å². The number of nitrogen functional groups attached to an aromatic ring is 1. The average Bonchev–Trinajstić information content (AvgIpc) is 2.92. The number of carbonyl (C=O) groups excluding carboxylic acids is 1. The molecule has 2 saturated heterocycles. The molecular weight excluding hydrogens is 516 g/mol. The van der Waals surface area contributed by atoms with Gasteiger partial charge in [0.25, 0.3) is 0 Å². The van der Waals surface area contributed by atoms with Gasteiger partial charge < -0.3 is 15.5 Å². The fraction of sp³-hybridized carbons (Fsp3) is 0.556. The SMILES string of the molecule is CC.Nc1cc(CN2CCC(C(=O)N3CCC(/C(=N\OCC(F)(F)F)c4ncccc4F)CC3)CC2)ccn1. The summed E-state index contributed by atoms with van der Waals surface area (Å²) in [4.78, 5) is 29.8. The number of nitrogens with two attached hydrogens (primary N) is 1. The van der Waals surface area contributed by atoms with Crippen molar-refractivity contribution in [1.82, 2.24) is 19.8 Å². The average molecular weight is 553 g/mol. The lowest BCUT2D eigenvalue weighted by Crippen LogP contribution is -2.46. The molecule has 2 N–H and O–H groups in total. The third-order valence-electron chi connectivity index (χ3n) is 6.77. The minimum atomic E-state index is -4.56. The summed E-state index contributed by atoms with van der Waals surface area (Å²) in [5.74, 6) is -0.571. The molecule has 2 aliphatic rings. The highest BCUT2D eigenvalue weighted by atomic mass is 19.4. The third kappa shape index (κ3) is 8.87. The van der Waals surface area contributed by atoms with Crippen LogP contribution in [-0.2, 0) is 16.2 Å². The van der Waals surface area contributed by atoms with E-state index in [1.807, 2.05) is 26.0 Å². The molecule has 214 valence electrons. The highest BCUT2D eigenvalue weighted by Crippen LogP contribution is 2.27. The van der Waals surface area contributed by atoms with E-state index in [1.165, 1.54) is 18.3 Å². The lowest BCUT2D eigenvalue weighted by atomic mass is 9.88. The first-order valence-corrected chi connectivity index (χ1v) is 13.3. The van der Waals surface area contributed by atoms with Crippen molar-refractivity contribution in [3.63, 3.8) is 0 Å². The largest absolute Gasteiger partial charge is 0.425 e. The quantitative estimate of drug-likeness (QED) is 0.305. The lowest BCUT2D eigenvalue weighted by Gasteiger charge is -2.37. The van der Waals surface area contributed by atoms with Crippen LogP contribution in [0.5, 0.6) is 0 Å². The van der Waals surface area contributed by atoms with Gasteiger partial charge in [-0.2, -0.15) is 13.2 Å². The Labute approximate surface area is 226 Å². The second-order valence-electron chi connectivity index (χ2n) is 9.44. The molecule has 2 aliphatic heterocycles. The summed E-state index contributed by atoms with van der Waals surface area (Å²) in [7, 11) is 0. The number of pyridine rings is 2. The maximum absolute atomic E-state index is 14.4. The van der Waals surface area contributed by atoms with Crippen molar-refractivity contribution in [3.8, 4) is 0 Å². The van der Waals surface area contributed by atoms with Crippen LogP contribution in [0.4, 0.5) is 23.4 Å². The first-order valence-electron chi connectivity index (χ1n) is 13.3. The summed E-state index contributed by atoms with van der Waals surface area (Å²) in [5, 5.41) is 3.65. The number of halogens is 4. The van der Waals surface area contributed by atoms with Crippen LogP contribution in [0.1, 0.15) is 50.8 Å². The van der Waals surface area contributed by atoms with Crippen molar-refractivity contribution in [1.29, 1.82) is 0 Å². The van der Waals surface area contributed by atoms with E-state index in [4.69, 9.17) is 5.73 Å². The second-order valence-corrected chi connectivity index (χ2v) is 9.44. The fourth-order valence-electron chi connectivity index (χ4n) is 4.88. The molecule has 0 unspecified atom stereocenters. The number of amides is 1. The minimum Gasteiger partial charge on any atom is -0.386 e. The number of nitrogens with zero attached hydrogens (tertiary/aromatic N) is 5. The summed E-state index contributed by atoms with van der Waals surface area (Å²) in [5.41, 5.74) is 6.75. The zero-order valence-corrected chi connectivity index (χ0v) is 22.3. The first-order chi connectivity index (χ1) is 18.7. The maximum Gasteiger partial charge on any atom is 0.425 e. The van der Waals surface area contributed by atoms with Gasteiger partial charge in [-0.15, -0.1) is 0 Å². The molecule has 0 spiro atoms. The van der Waals surface area contributed by atoms with E-state index in [9.17, 15) is 22.4 Å². The molecule has 4 rings (SSSR count). The third-order valence-corrected chi connectivity index (χ3v) is 6.77. The Kier molecular flexibility index (Phi) is 11.0. The number of carbonyl (C=O) groups is 1. The van der Waals surface area contributed by atoms with Gasteiger partial charge in [0.05, 0.1) is 0 Å². The summed E-state index contributed by atoms with van der Waals surface area (Å²) in [6, 6.07) is 6.35. The Morgan fingerprint density at radius 1 is 1.05 bits per heavy atom. The molecule has 0 atom stereocenters. The van der Waals surface area contributed by atoms with Gasteiger partial charge in [0.15, 0.2) is 5.82 Å². The Morgan fingerprint density at radius 3 is 2.33 bits per heavy atom. The topological polar surface area (TPSA) is 96.9 Å². The normalized spacial score (nSPS) is 17.9. The summed E-state index contributed by atoms with van der Waals surface area (Å²) in [6.07, 6.45) is 0.829. The Balaban J connectivity index is 0.00000205. The predicted octanol–water partition coefficient (Wildman–Crippen LogP) is 4.66. The van der Waals surface area contributed by atoms with Gasteiger partial charge in [-0.3, -0.25) is 14.7 Å². The highest BCUT2D eigenvalue weighted by Gasteiger charge is 2.34. The van der Waals surface area contributed by atoms with Gasteiger partial charge in [0.1, 0.15) is 17.2 Å². The molecule has 0 radical (unpaired) electrons. The number of oxime groups is 1. The van der Waals surface area contributed by atoms with Gasteiger partial charge in [-0.1, -0.05) is 19.0 Å². The van der Waals surface area contributed by atoms with E-state index in [2.05, 4.69) is 24.9 Å². The van der Waals surface area contributed by atoms with Crippen molar-refractivity contribution in [2.45, 2.75) is 52.3 Å². The number of hydrogen-bond donors (Lipinski definition) is 1. The molecular formula is C27H36F4N6O2. The van der Waals surface area contributed by atoms with Crippen LogP contribution in [0.2, 0.25) is 0 Å². The molecule has 1 amide bonds. The van der Waals surface area contributed by atoms with Gasteiger partial charge in [-0.05, 0) is 68.6 Å². The minimum absolute atomic E-state index is 0.0412. The monoisotopic (exact) mass is 552 g/mol. The number of rotatable bonds is 7. The summed E-state index contributed by atoms with van der Waals surface area (Å²) in [6.45, 7) is 5.58. The van der Waals surface area contributed by atoms with Crippen LogP contribution in [-0.4, -0.2) is 70.3 Å². The van der Waals surface area contributed by atoms with Gasteiger partial charge in [0.2, 0.25) is 12.5 Å². The molecule has 0 bridgehead atoms. The molecule has 2 aromatic heterocycles. The van der Waals surface area contributed by atoms with Crippen molar-refractivity contribution < 1.29 is 27.2 Å². The van der Waals surface area contributed by atoms with E-state index in [-0.39, 0.29) is 29.1 Å². The molecule has 0 aromatic carbocycles. The molecule has 12 heteroatoms. The number of hydrogen-bond acceptors (Lipinski definition) is 7. The fourth-order valence-corrected chi connectivity index (χ4v) is 4.88. The number of anilines is 1. The molecule has 39 heavy (non-hydrogen) atoms. The lowest BCUT2D eigenvalue weighted by molar-refractivity contribution is -0.173. The van der Waals surface area contributed by atoms with E-state index >= 15 is 0 Å². The Hall–Kier alpha value is -3.28. The number of alkyl halides is 3. The predicted molar refractivity (Wildman–Crippen MR) is 140 cm³/mol. The van der Waals surface area contributed by atoms with E-state index in [0.717, 1.165) is 38.0 Å². The smallest absolute Gasteiger partial charge is 0.386 e. The van der Waals surface area contributed by atoms with Crippen LogP contribution in [0.3, 0.4) is 0 Å². The van der Waals surface area contributed by atoms with Crippen molar-refractivity contribution >= 4 is 17.4 Å².